The molecule has 0 saturated carbocycles. The van der Waals surface area contributed by atoms with E-state index in [-0.39, 0.29) is 0 Å². The summed E-state index contributed by atoms with van der Waals surface area (Å²) in [7, 11) is 1.87. The molecule has 0 bridgehead atoms. The highest BCUT2D eigenvalue weighted by molar-refractivity contribution is 8.13. The van der Waals surface area contributed by atoms with Crippen molar-refractivity contribution in [3.63, 3.8) is 0 Å². The molecule has 0 unspecified atom stereocenters. The van der Waals surface area contributed by atoms with Gasteiger partial charge >= 0.3 is 0 Å². The highest BCUT2D eigenvalue weighted by atomic mass is 32.2. The van der Waals surface area contributed by atoms with E-state index < -0.39 is 5.24 Å². The van der Waals surface area contributed by atoms with E-state index in [4.69, 9.17) is 5.73 Å². The predicted molar refractivity (Wildman–Crippen MR) is 89.5 cm³/mol. The molecule has 5 heteroatoms. The third-order valence-electron chi connectivity index (χ3n) is 3.30. The van der Waals surface area contributed by atoms with Crippen LogP contribution in [0.5, 0.6) is 0 Å². The summed E-state index contributed by atoms with van der Waals surface area (Å²) >= 11 is 1.02. The fourth-order valence-electron chi connectivity index (χ4n) is 2.40. The van der Waals surface area contributed by atoms with Crippen LogP contribution in [0.2, 0.25) is 0 Å². The Bertz CT molecular complexity index is 798. The van der Waals surface area contributed by atoms with Crippen LogP contribution in [0.25, 0.3) is 22.5 Å². The van der Waals surface area contributed by atoms with Crippen LogP contribution in [0.15, 0.2) is 65.6 Å². The summed E-state index contributed by atoms with van der Waals surface area (Å²) in [5.41, 5.74) is 9.04. The molecule has 22 heavy (non-hydrogen) atoms. The Morgan fingerprint density at radius 3 is 2.09 bits per heavy atom. The van der Waals surface area contributed by atoms with E-state index in [1.54, 1.807) is 4.68 Å². The van der Waals surface area contributed by atoms with Gasteiger partial charge in [0.25, 0.3) is 5.24 Å². The molecule has 0 spiro atoms. The lowest BCUT2D eigenvalue weighted by Gasteiger charge is -2.05. The molecule has 1 amide bonds. The number of nitrogens with two attached hydrogens (primary N) is 1. The molecule has 0 saturated heterocycles. The lowest BCUT2D eigenvalue weighted by atomic mass is 10.1. The average Bonchev–Trinajstić information content (AvgIpc) is 2.85. The predicted octanol–water partition coefficient (Wildman–Crippen LogP) is 3.92. The number of primary amides is 1. The summed E-state index contributed by atoms with van der Waals surface area (Å²) in [4.78, 5) is 12.3. The molecule has 2 N–H and O–H groups in total. The first-order valence-electron chi connectivity index (χ1n) is 6.82. The minimum atomic E-state index is -0.442. The van der Waals surface area contributed by atoms with Crippen molar-refractivity contribution >= 4 is 17.0 Å². The van der Waals surface area contributed by atoms with Crippen molar-refractivity contribution in [3.8, 4) is 22.5 Å². The fourth-order valence-corrected chi connectivity index (χ4v) is 3.20. The Balaban J connectivity index is 2.22. The molecule has 110 valence electrons. The van der Waals surface area contributed by atoms with Crippen LogP contribution >= 0.6 is 11.8 Å². The quantitative estimate of drug-likeness (QED) is 0.746. The summed E-state index contributed by atoms with van der Waals surface area (Å²) < 4.78 is 1.79. The number of hydrogen-bond donors (Lipinski definition) is 1. The molecule has 0 aliphatic rings. The lowest BCUT2D eigenvalue weighted by molar-refractivity contribution is 0.267. The molecule has 0 fully saturated rings. The third kappa shape index (κ3) is 2.76. The number of rotatable bonds is 3. The van der Waals surface area contributed by atoms with Crippen LogP contribution < -0.4 is 5.73 Å². The van der Waals surface area contributed by atoms with Crippen LogP contribution in [0, 0.1) is 0 Å². The third-order valence-corrected chi connectivity index (χ3v) is 4.09. The Labute approximate surface area is 133 Å². The summed E-state index contributed by atoms with van der Waals surface area (Å²) in [6.07, 6.45) is 0. The van der Waals surface area contributed by atoms with E-state index in [9.17, 15) is 4.79 Å². The van der Waals surface area contributed by atoms with Crippen LogP contribution in [0.4, 0.5) is 4.79 Å². The van der Waals surface area contributed by atoms with Crippen LogP contribution in [-0.2, 0) is 7.05 Å². The molecule has 2 aromatic carbocycles. The maximum Gasteiger partial charge on any atom is 0.281 e. The van der Waals surface area contributed by atoms with Crippen molar-refractivity contribution in [1.82, 2.24) is 9.78 Å². The summed E-state index contributed by atoms with van der Waals surface area (Å²) in [5.74, 6) is 0. The number of aryl methyl sites for hydroxylation is 1. The van der Waals surface area contributed by atoms with Crippen molar-refractivity contribution in [2.45, 2.75) is 4.90 Å². The van der Waals surface area contributed by atoms with E-state index in [2.05, 4.69) is 5.10 Å². The monoisotopic (exact) mass is 309 g/mol. The normalized spacial score (nSPS) is 10.6. The Hall–Kier alpha value is -2.53. The lowest BCUT2D eigenvalue weighted by Crippen LogP contribution is -2.02. The van der Waals surface area contributed by atoms with Gasteiger partial charge in [0.15, 0.2) is 0 Å². The first-order valence-corrected chi connectivity index (χ1v) is 7.63. The van der Waals surface area contributed by atoms with Crippen molar-refractivity contribution in [2.24, 2.45) is 12.8 Å². The molecule has 1 aromatic heterocycles. The first kappa shape index (κ1) is 14.4. The molecule has 3 rings (SSSR count). The zero-order valence-electron chi connectivity index (χ0n) is 12.1. The molecule has 4 nitrogen and oxygen atoms in total. The SMILES string of the molecule is Cn1nc(-c2ccccc2)c(SC(N)=O)c1-c1ccccc1. The summed E-state index contributed by atoms with van der Waals surface area (Å²) in [6.45, 7) is 0. The Morgan fingerprint density at radius 2 is 1.55 bits per heavy atom. The van der Waals surface area contributed by atoms with Gasteiger partial charge in [-0.3, -0.25) is 9.48 Å². The zero-order valence-corrected chi connectivity index (χ0v) is 12.9. The molecule has 1 heterocycles. The van der Waals surface area contributed by atoms with Crippen molar-refractivity contribution < 1.29 is 4.79 Å². The summed E-state index contributed by atoms with van der Waals surface area (Å²) in [6, 6.07) is 19.7. The highest BCUT2D eigenvalue weighted by Gasteiger charge is 2.21. The number of amides is 1. The second-order valence-corrected chi connectivity index (χ2v) is 5.82. The maximum atomic E-state index is 11.5. The van der Waals surface area contributed by atoms with Gasteiger partial charge in [-0.2, -0.15) is 5.10 Å². The largest absolute Gasteiger partial charge is 0.360 e. The minimum Gasteiger partial charge on any atom is -0.360 e. The second kappa shape index (κ2) is 6.07. The number of carbonyl (C=O) groups excluding carboxylic acids is 1. The van der Waals surface area contributed by atoms with Crippen molar-refractivity contribution in [2.75, 3.05) is 0 Å². The molecular weight excluding hydrogens is 294 g/mol. The van der Waals surface area contributed by atoms with E-state index in [1.165, 1.54) is 0 Å². The molecular formula is C17H15N3OS. The zero-order chi connectivity index (χ0) is 15.5. The highest BCUT2D eigenvalue weighted by Crippen LogP contribution is 2.38. The van der Waals surface area contributed by atoms with E-state index in [0.717, 1.165) is 39.2 Å². The van der Waals surface area contributed by atoms with E-state index >= 15 is 0 Å². The smallest absolute Gasteiger partial charge is 0.281 e. The number of benzene rings is 2. The van der Waals surface area contributed by atoms with Gasteiger partial charge in [-0.1, -0.05) is 60.7 Å². The van der Waals surface area contributed by atoms with Gasteiger partial charge in [-0.05, 0) is 11.8 Å². The van der Waals surface area contributed by atoms with Gasteiger partial charge in [0.2, 0.25) is 0 Å². The first-order chi connectivity index (χ1) is 10.7. The minimum absolute atomic E-state index is 0.442. The van der Waals surface area contributed by atoms with Gasteiger partial charge in [0.1, 0.15) is 5.69 Å². The van der Waals surface area contributed by atoms with E-state index in [0.29, 0.717) is 0 Å². The van der Waals surface area contributed by atoms with Crippen molar-refractivity contribution in [3.05, 3.63) is 60.7 Å². The number of thioether (sulfide) groups is 1. The summed E-state index contributed by atoms with van der Waals surface area (Å²) in [5, 5.41) is 4.16. The van der Waals surface area contributed by atoms with Gasteiger partial charge in [0.05, 0.1) is 10.6 Å². The molecule has 3 aromatic rings. The van der Waals surface area contributed by atoms with Crippen LogP contribution in [0.1, 0.15) is 0 Å². The second-order valence-electron chi connectivity index (χ2n) is 4.80. The molecule has 0 aliphatic heterocycles. The maximum absolute atomic E-state index is 11.5. The van der Waals surface area contributed by atoms with Gasteiger partial charge in [0, 0.05) is 18.2 Å². The van der Waals surface area contributed by atoms with Gasteiger partial charge in [-0.25, -0.2) is 0 Å². The topological polar surface area (TPSA) is 60.9 Å². The molecule has 0 radical (unpaired) electrons. The number of nitrogens with zero attached hydrogens (tertiary/aromatic N) is 2. The van der Waals surface area contributed by atoms with Crippen LogP contribution in [0.3, 0.4) is 0 Å². The van der Waals surface area contributed by atoms with Gasteiger partial charge < -0.3 is 5.73 Å². The molecule has 0 atom stereocenters. The standard InChI is InChI=1S/C17H15N3OS/c1-20-15(13-10-6-3-7-11-13)16(22-17(18)21)14(19-20)12-8-4-2-5-9-12/h2-11H,1H3,(H2,18,21). The average molecular weight is 309 g/mol. The van der Waals surface area contributed by atoms with Crippen molar-refractivity contribution in [1.29, 1.82) is 0 Å². The van der Waals surface area contributed by atoms with E-state index in [1.807, 2.05) is 67.7 Å². The fraction of sp³-hybridized carbons (Fsp3) is 0.0588. The number of hydrogen-bond acceptors (Lipinski definition) is 3. The van der Waals surface area contributed by atoms with Crippen LogP contribution in [-0.4, -0.2) is 15.0 Å². The number of carbonyl (C=O) groups is 1. The Morgan fingerprint density at radius 1 is 1.00 bits per heavy atom. The number of aromatic nitrogens is 2. The Kier molecular flexibility index (Phi) is 3.98. The molecule has 0 aliphatic carbocycles. The van der Waals surface area contributed by atoms with Gasteiger partial charge in [-0.15, -0.1) is 0 Å².